The molecule has 5 heteroatoms. The third-order valence-electron chi connectivity index (χ3n) is 2.52. The topological polar surface area (TPSA) is 33.1 Å². The first-order valence-electron chi connectivity index (χ1n) is 5.30. The molecule has 18 heavy (non-hydrogen) atoms. The maximum Gasteiger partial charge on any atom is 0.159 e. The highest BCUT2D eigenvalue weighted by Gasteiger charge is 2.14. The van der Waals surface area contributed by atoms with Crippen molar-refractivity contribution in [3.8, 4) is 0 Å². The smallest absolute Gasteiger partial charge is 0.159 e. The van der Waals surface area contributed by atoms with Gasteiger partial charge in [-0.25, -0.2) is 8.78 Å². The zero-order valence-corrected chi connectivity index (χ0v) is 10.9. The van der Waals surface area contributed by atoms with Crippen molar-refractivity contribution in [1.82, 2.24) is 4.98 Å². The molecule has 2 nitrogen and oxygen atoms in total. The average molecular weight is 314 g/mol. The molecule has 2 rings (SSSR count). The number of aliphatic hydroxyl groups is 1. The van der Waals surface area contributed by atoms with Crippen molar-refractivity contribution in [1.29, 1.82) is 0 Å². The highest BCUT2D eigenvalue weighted by atomic mass is 79.9. The number of hydrogen-bond acceptors (Lipinski definition) is 2. The third kappa shape index (κ3) is 2.91. The number of aliphatic hydroxyl groups excluding tert-OH is 1. The summed E-state index contributed by atoms with van der Waals surface area (Å²) in [6, 6.07) is 7.06. The van der Waals surface area contributed by atoms with Gasteiger partial charge in [-0.05, 0) is 45.8 Å². The van der Waals surface area contributed by atoms with Crippen LogP contribution in [-0.2, 0) is 6.42 Å². The number of nitrogens with zero attached hydrogens (tertiary/aromatic N) is 1. The number of pyridine rings is 1. The molecule has 0 aliphatic carbocycles. The molecule has 0 saturated heterocycles. The van der Waals surface area contributed by atoms with Gasteiger partial charge in [-0.2, -0.15) is 0 Å². The second-order valence-corrected chi connectivity index (χ2v) is 4.69. The molecule has 0 aliphatic rings. The Balaban J connectivity index is 2.19. The van der Waals surface area contributed by atoms with Crippen LogP contribution in [0.5, 0.6) is 0 Å². The van der Waals surface area contributed by atoms with E-state index in [1.165, 1.54) is 6.07 Å². The second-order valence-electron chi connectivity index (χ2n) is 3.84. The minimum Gasteiger partial charge on any atom is -0.386 e. The SMILES string of the molecule is OC(Cc1ccc(F)c(F)c1)c1ncccc1Br. The van der Waals surface area contributed by atoms with Crippen molar-refractivity contribution >= 4 is 15.9 Å². The Morgan fingerprint density at radius 2 is 2.00 bits per heavy atom. The summed E-state index contributed by atoms with van der Waals surface area (Å²) in [5.74, 6) is -1.81. The van der Waals surface area contributed by atoms with Crippen LogP contribution in [-0.4, -0.2) is 10.1 Å². The normalized spacial score (nSPS) is 12.4. The quantitative estimate of drug-likeness (QED) is 0.942. The van der Waals surface area contributed by atoms with Crippen LogP contribution in [0.25, 0.3) is 0 Å². The lowest BCUT2D eigenvalue weighted by Gasteiger charge is -2.11. The highest BCUT2D eigenvalue weighted by Crippen LogP contribution is 2.24. The molecule has 0 saturated carbocycles. The fourth-order valence-corrected chi connectivity index (χ4v) is 2.15. The number of aromatic nitrogens is 1. The van der Waals surface area contributed by atoms with Gasteiger partial charge in [0.05, 0.1) is 5.69 Å². The zero-order chi connectivity index (χ0) is 13.1. The Morgan fingerprint density at radius 3 is 2.67 bits per heavy atom. The van der Waals surface area contributed by atoms with E-state index in [-0.39, 0.29) is 6.42 Å². The van der Waals surface area contributed by atoms with Crippen LogP contribution in [0, 0.1) is 11.6 Å². The lowest BCUT2D eigenvalue weighted by atomic mass is 10.1. The Morgan fingerprint density at radius 1 is 1.22 bits per heavy atom. The summed E-state index contributed by atoms with van der Waals surface area (Å²) in [5, 5.41) is 10.0. The lowest BCUT2D eigenvalue weighted by molar-refractivity contribution is 0.172. The molecule has 0 bridgehead atoms. The van der Waals surface area contributed by atoms with Gasteiger partial charge in [0.1, 0.15) is 6.10 Å². The largest absolute Gasteiger partial charge is 0.386 e. The van der Waals surface area contributed by atoms with Gasteiger partial charge in [-0.15, -0.1) is 0 Å². The van der Waals surface area contributed by atoms with E-state index < -0.39 is 17.7 Å². The Kier molecular flexibility index (Phi) is 4.04. The molecule has 94 valence electrons. The van der Waals surface area contributed by atoms with Crippen molar-refractivity contribution in [2.24, 2.45) is 0 Å². The molecule has 0 radical (unpaired) electrons. The number of halogens is 3. The molecule has 0 amide bonds. The molecular weight excluding hydrogens is 304 g/mol. The molecule has 0 spiro atoms. The number of benzene rings is 1. The molecule has 1 unspecified atom stereocenters. The predicted octanol–water partition coefficient (Wildman–Crippen LogP) is 3.40. The first-order chi connectivity index (χ1) is 8.58. The minimum atomic E-state index is -0.917. The molecule has 2 aromatic rings. The van der Waals surface area contributed by atoms with E-state index in [1.807, 2.05) is 0 Å². The summed E-state index contributed by atoms with van der Waals surface area (Å²) < 4.78 is 26.5. The molecule has 1 aromatic heterocycles. The van der Waals surface area contributed by atoms with E-state index in [1.54, 1.807) is 18.3 Å². The van der Waals surface area contributed by atoms with Gasteiger partial charge < -0.3 is 5.11 Å². The van der Waals surface area contributed by atoms with E-state index >= 15 is 0 Å². The molecular formula is C13H10BrF2NO. The van der Waals surface area contributed by atoms with Gasteiger partial charge in [0.15, 0.2) is 11.6 Å². The maximum atomic E-state index is 13.0. The highest BCUT2D eigenvalue weighted by molar-refractivity contribution is 9.10. The van der Waals surface area contributed by atoms with Gasteiger partial charge in [-0.3, -0.25) is 4.98 Å². The Bertz CT molecular complexity index is 562. The Hall–Kier alpha value is -1.33. The predicted molar refractivity (Wildman–Crippen MR) is 67.0 cm³/mol. The second kappa shape index (κ2) is 5.54. The monoisotopic (exact) mass is 313 g/mol. The van der Waals surface area contributed by atoms with Crippen molar-refractivity contribution in [3.05, 3.63) is 63.9 Å². The van der Waals surface area contributed by atoms with Crippen molar-refractivity contribution < 1.29 is 13.9 Å². The zero-order valence-electron chi connectivity index (χ0n) is 9.28. The Labute approximate surface area is 111 Å². The van der Waals surface area contributed by atoms with E-state index in [0.29, 0.717) is 15.7 Å². The van der Waals surface area contributed by atoms with Crippen LogP contribution in [0.15, 0.2) is 41.0 Å². The minimum absolute atomic E-state index is 0.173. The fourth-order valence-electron chi connectivity index (χ4n) is 1.63. The molecule has 1 N–H and O–H groups in total. The summed E-state index contributed by atoms with van der Waals surface area (Å²) in [7, 11) is 0. The summed E-state index contributed by atoms with van der Waals surface area (Å²) >= 11 is 3.28. The van der Waals surface area contributed by atoms with Crippen LogP contribution in [0.4, 0.5) is 8.78 Å². The van der Waals surface area contributed by atoms with Crippen LogP contribution in [0.1, 0.15) is 17.4 Å². The summed E-state index contributed by atoms with van der Waals surface area (Å²) in [6.45, 7) is 0. The van der Waals surface area contributed by atoms with Gasteiger partial charge >= 0.3 is 0 Å². The molecule has 0 fully saturated rings. The van der Waals surface area contributed by atoms with Gasteiger partial charge in [0.25, 0.3) is 0 Å². The molecule has 1 heterocycles. The van der Waals surface area contributed by atoms with E-state index in [0.717, 1.165) is 12.1 Å². The standard InChI is InChI=1S/C13H10BrF2NO/c14-9-2-1-5-17-13(9)12(18)7-8-3-4-10(15)11(16)6-8/h1-6,12,18H,7H2. The summed E-state index contributed by atoms with van der Waals surface area (Å²) in [6.07, 6.45) is 0.868. The maximum absolute atomic E-state index is 13.0. The number of rotatable bonds is 3. The van der Waals surface area contributed by atoms with Crippen LogP contribution < -0.4 is 0 Å². The van der Waals surface area contributed by atoms with Gasteiger partial charge in [-0.1, -0.05) is 6.07 Å². The fraction of sp³-hybridized carbons (Fsp3) is 0.154. The van der Waals surface area contributed by atoms with Gasteiger partial charge in [0.2, 0.25) is 0 Å². The summed E-state index contributed by atoms with van der Waals surface area (Å²) in [5.41, 5.74) is 0.987. The van der Waals surface area contributed by atoms with Gasteiger partial charge in [0, 0.05) is 17.1 Å². The van der Waals surface area contributed by atoms with E-state index in [2.05, 4.69) is 20.9 Å². The third-order valence-corrected chi connectivity index (χ3v) is 3.19. The number of hydrogen-bond donors (Lipinski definition) is 1. The lowest BCUT2D eigenvalue weighted by Crippen LogP contribution is -2.05. The van der Waals surface area contributed by atoms with Crippen molar-refractivity contribution in [3.63, 3.8) is 0 Å². The van der Waals surface area contributed by atoms with E-state index in [4.69, 9.17) is 0 Å². The first-order valence-corrected chi connectivity index (χ1v) is 6.09. The van der Waals surface area contributed by atoms with Crippen LogP contribution in [0.3, 0.4) is 0 Å². The molecule has 1 aromatic carbocycles. The first kappa shape index (κ1) is 13.1. The van der Waals surface area contributed by atoms with Crippen LogP contribution >= 0.6 is 15.9 Å². The van der Waals surface area contributed by atoms with E-state index in [9.17, 15) is 13.9 Å². The molecule has 1 atom stereocenters. The van der Waals surface area contributed by atoms with Crippen molar-refractivity contribution in [2.75, 3.05) is 0 Å². The van der Waals surface area contributed by atoms with Crippen LogP contribution in [0.2, 0.25) is 0 Å². The average Bonchev–Trinajstić information content (AvgIpc) is 2.34. The molecule has 0 aliphatic heterocycles. The van der Waals surface area contributed by atoms with Crippen molar-refractivity contribution in [2.45, 2.75) is 12.5 Å². The summed E-state index contributed by atoms with van der Waals surface area (Å²) in [4.78, 5) is 4.05.